The minimum Gasteiger partial charge on any atom is -0.477 e. The van der Waals surface area contributed by atoms with E-state index in [1.165, 1.54) is 33.4 Å². The number of aryl methyl sites for hydroxylation is 1. The smallest absolute Gasteiger partial charge is 0.375 e. The van der Waals surface area contributed by atoms with Gasteiger partial charge in [0, 0.05) is 22.6 Å². The first kappa shape index (κ1) is 25.6. The number of nitrogens with two attached hydrogens (primary N) is 1. The average molecular weight is 577 g/mol. The van der Waals surface area contributed by atoms with Crippen molar-refractivity contribution in [1.82, 2.24) is 34.8 Å². The molecule has 38 heavy (non-hydrogen) atoms. The summed E-state index contributed by atoms with van der Waals surface area (Å²) < 4.78 is 1.26. The van der Waals surface area contributed by atoms with Crippen LogP contribution < -0.4 is 11.1 Å². The van der Waals surface area contributed by atoms with Crippen LogP contribution in [0.3, 0.4) is 0 Å². The highest BCUT2D eigenvalue weighted by Crippen LogP contribution is 2.41. The number of β-lactam (4-membered cyclic amide) rings is 1. The topological polar surface area (TPSA) is 223 Å². The van der Waals surface area contributed by atoms with Crippen LogP contribution in [0.1, 0.15) is 26.8 Å². The molecule has 3 aromatic heterocycles. The van der Waals surface area contributed by atoms with Gasteiger partial charge in [-0.3, -0.25) is 19.3 Å². The van der Waals surface area contributed by atoms with Gasteiger partial charge in [-0.05, 0) is 18.6 Å². The number of aromatic nitrogens is 5. The van der Waals surface area contributed by atoms with Gasteiger partial charge in [0.25, 0.3) is 29.2 Å². The van der Waals surface area contributed by atoms with Gasteiger partial charge in [0.1, 0.15) is 27.8 Å². The van der Waals surface area contributed by atoms with E-state index in [1.54, 1.807) is 13.0 Å². The minimum absolute atomic E-state index is 0.0850. The molecule has 0 radical (unpaired) electrons. The number of nitrogens with zero attached hydrogens (tertiary/aromatic N) is 6. The fraction of sp³-hybridized carbons (Fsp3) is 0.250. The second-order valence-corrected chi connectivity index (χ2v) is 11.0. The molecule has 0 bridgehead atoms. The molecule has 2 atom stereocenters. The van der Waals surface area contributed by atoms with Crippen molar-refractivity contribution in [3.63, 3.8) is 0 Å². The number of thiazole rings is 1. The van der Waals surface area contributed by atoms with E-state index >= 15 is 0 Å². The normalized spacial score (nSPS) is 18.8. The Labute approximate surface area is 224 Å². The van der Waals surface area contributed by atoms with Crippen LogP contribution in [0, 0.1) is 6.92 Å². The van der Waals surface area contributed by atoms with E-state index in [9.17, 15) is 34.2 Å². The molecule has 0 saturated carbocycles. The van der Waals surface area contributed by atoms with Crippen LogP contribution in [0.15, 0.2) is 27.7 Å². The van der Waals surface area contributed by atoms with Crippen molar-refractivity contribution in [2.75, 3.05) is 17.2 Å². The second kappa shape index (κ2) is 9.69. The molecule has 5 heterocycles. The molecule has 5 N–H and O–H groups in total. The number of amides is 2. The van der Waals surface area contributed by atoms with Gasteiger partial charge < -0.3 is 21.3 Å². The summed E-state index contributed by atoms with van der Waals surface area (Å²) in [5.74, 6) is -5.25. The number of carbonyl (C=O) groups is 5. The lowest BCUT2D eigenvalue weighted by atomic mass is 10.0. The third kappa shape index (κ3) is 4.45. The Balaban J connectivity index is 1.34. The molecule has 3 aromatic rings. The monoisotopic (exact) mass is 576 g/mol. The van der Waals surface area contributed by atoms with E-state index in [1.807, 2.05) is 0 Å². The number of nitrogen functional groups attached to an aromatic ring is 1. The van der Waals surface area contributed by atoms with Crippen molar-refractivity contribution in [2.24, 2.45) is 0 Å². The molecule has 18 heteroatoms. The molecule has 0 aromatic carbocycles. The Morgan fingerprint density at radius 1 is 1.21 bits per heavy atom. The van der Waals surface area contributed by atoms with Gasteiger partial charge in [-0.25, -0.2) is 19.6 Å². The minimum atomic E-state index is -1.32. The highest BCUT2D eigenvalue weighted by atomic mass is 32.2. The van der Waals surface area contributed by atoms with Crippen molar-refractivity contribution in [2.45, 2.75) is 23.4 Å². The summed E-state index contributed by atoms with van der Waals surface area (Å²) in [5.41, 5.74) is 6.15. The van der Waals surface area contributed by atoms with E-state index in [2.05, 4.69) is 25.4 Å². The maximum atomic E-state index is 12.9. The van der Waals surface area contributed by atoms with E-state index < -0.39 is 46.8 Å². The number of thioether (sulfide) groups is 2. The molecule has 1 unspecified atom stereocenters. The fourth-order valence-corrected chi connectivity index (χ4v) is 6.90. The maximum absolute atomic E-state index is 12.9. The number of hydrogen-bond donors (Lipinski definition) is 4. The van der Waals surface area contributed by atoms with Crippen LogP contribution >= 0.6 is 34.9 Å². The molecule has 5 rings (SSSR count). The summed E-state index contributed by atoms with van der Waals surface area (Å²) in [6, 6.07) is 0.577. The molecule has 2 amide bonds. The number of carboxylic acid groups (broad SMARTS) is 2. The van der Waals surface area contributed by atoms with Crippen LogP contribution in [-0.2, 0) is 14.4 Å². The number of rotatable bonds is 8. The van der Waals surface area contributed by atoms with Crippen LogP contribution in [-0.4, -0.2) is 92.1 Å². The quantitative estimate of drug-likeness (QED) is 0.0902. The number of Topliss-reactive ketones (excluding diaryl/α,β-unsaturated/α-hetero) is 1. The maximum Gasteiger partial charge on any atom is 0.375 e. The van der Waals surface area contributed by atoms with Crippen LogP contribution in [0.25, 0.3) is 5.78 Å². The van der Waals surface area contributed by atoms with Crippen molar-refractivity contribution >= 4 is 75.3 Å². The Kier molecular flexibility index (Phi) is 6.53. The first-order valence-electron chi connectivity index (χ1n) is 10.6. The van der Waals surface area contributed by atoms with Gasteiger partial charge in [-0.1, -0.05) is 0 Å². The molecule has 1 fully saturated rings. The third-order valence-electron chi connectivity index (χ3n) is 5.49. The van der Waals surface area contributed by atoms with Gasteiger partial charge in [0.05, 0.1) is 0 Å². The zero-order valence-corrected chi connectivity index (χ0v) is 21.6. The number of anilines is 1. The Morgan fingerprint density at radius 2 is 1.97 bits per heavy atom. The number of hydrogen-bond acceptors (Lipinski definition) is 13. The zero-order valence-electron chi connectivity index (χ0n) is 19.1. The number of ketones is 1. The van der Waals surface area contributed by atoms with Crippen LogP contribution in [0.4, 0.5) is 5.13 Å². The van der Waals surface area contributed by atoms with E-state index in [-0.39, 0.29) is 33.8 Å². The summed E-state index contributed by atoms with van der Waals surface area (Å²) in [4.78, 5) is 73.9. The SMILES string of the molecule is Cc1cc(SCC2=C(C(=O)O)N3C(=O)C(NC(=O)C(=O)c4csc(N)n4)[C@H]3SC2)n2nc(C(=O)O)nc2n1. The average Bonchev–Trinajstić information content (AvgIpc) is 3.50. The summed E-state index contributed by atoms with van der Waals surface area (Å²) in [6.07, 6.45) is 0. The lowest BCUT2D eigenvalue weighted by molar-refractivity contribution is -0.150. The van der Waals surface area contributed by atoms with Crippen molar-refractivity contribution in [1.29, 1.82) is 0 Å². The molecule has 2 aliphatic heterocycles. The third-order valence-corrected chi connectivity index (χ3v) is 8.58. The number of aliphatic carboxylic acids is 1. The predicted octanol–water partition coefficient (Wildman–Crippen LogP) is -0.117. The van der Waals surface area contributed by atoms with Crippen molar-refractivity contribution in [3.8, 4) is 0 Å². The Hall–Kier alpha value is -4.03. The number of aromatic carboxylic acids is 1. The fourth-order valence-electron chi connectivity index (χ4n) is 3.82. The summed E-state index contributed by atoms with van der Waals surface area (Å²) in [7, 11) is 0. The molecule has 0 aliphatic carbocycles. The van der Waals surface area contributed by atoms with Crippen molar-refractivity contribution < 1.29 is 34.2 Å². The largest absolute Gasteiger partial charge is 0.477 e. The van der Waals surface area contributed by atoms with Gasteiger partial charge >= 0.3 is 11.9 Å². The Bertz CT molecular complexity index is 1580. The first-order chi connectivity index (χ1) is 18.0. The lowest BCUT2D eigenvalue weighted by Crippen LogP contribution is -2.71. The molecular weight excluding hydrogens is 560 g/mol. The van der Waals surface area contributed by atoms with E-state index in [4.69, 9.17) is 5.73 Å². The highest BCUT2D eigenvalue weighted by Gasteiger charge is 2.54. The Morgan fingerprint density at radius 3 is 2.63 bits per heavy atom. The standard InChI is InChI=1S/C20H16N8O7S3/c1-6-2-9(28-20(22-6)25-13(26-28)18(34)35)36-3-7-4-37-16-10(15(31)27(16)11(7)17(32)33)24-14(30)12(29)8-5-38-19(21)23-8/h2,5,10,16H,3-4H2,1H3,(H2,21,23)(H,24,30)(H,32,33)(H,34,35)/t10?,16-/m1/s1. The van der Waals surface area contributed by atoms with Gasteiger partial charge in [-0.15, -0.1) is 40.0 Å². The van der Waals surface area contributed by atoms with Crippen molar-refractivity contribution in [3.05, 3.63) is 39.9 Å². The summed E-state index contributed by atoms with van der Waals surface area (Å²) in [5, 5.41) is 26.6. The summed E-state index contributed by atoms with van der Waals surface area (Å²) in [6.45, 7) is 1.70. The van der Waals surface area contributed by atoms with Gasteiger partial charge in [0.2, 0.25) is 0 Å². The first-order valence-corrected chi connectivity index (χ1v) is 13.5. The molecule has 15 nitrogen and oxygen atoms in total. The molecule has 0 spiro atoms. The van der Waals surface area contributed by atoms with Gasteiger partial charge in [-0.2, -0.15) is 9.50 Å². The number of carboxylic acids is 2. The molecule has 196 valence electrons. The molecular formula is C20H16N8O7S3. The lowest BCUT2D eigenvalue weighted by Gasteiger charge is -2.49. The van der Waals surface area contributed by atoms with Crippen LogP contribution in [0.5, 0.6) is 0 Å². The second-order valence-electron chi connectivity index (χ2n) is 8.00. The number of fused-ring (bicyclic) bond motifs is 2. The summed E-state index contributed by atoms with van der Waals surface area (Å²) >= 11 is 3.42. The van der Waals surface area contributed by atoms with E-state index in [0.29, 0.717) is 16.3 Å². The van der Waals surface area contributed by atoms with Gasteiger partial charge in [0.15, 0.2) is 5.13 Å². The van der Waals surface area contributed by atoms with Crippen LogP contribution in [0.2, 0.25) is 0 Å². The molecule has 2 aliphatic rings. The highest BCUT2D eigenvalue weighted by molar-refractivity contribution is 8.01. The molecule has 1 saturated heterocycles. The number of carbonyl (C=O) groups excluding carboxylic acids is 3. The zero-order chi connectivity index (χ0) is 27.3. The predicted molar refractivity (Wildman–Crippen MR) is 134 cm³/mol. The number of nitrogens with one attached hydrogen (secondary N) is 1. The van der Waals surface area contributed by atoms with E-state index in [0.717, 1.165) is 16.2 Å².